The number of benzene rings is 2. The van der Waals surface area contributed by atoms with E-state index in [1.807, 2.05) is 41.3 Å². The molecule has 312 valence electrons. The Kier molecular flexibility index (Phi) is 10.6. The van der Waals surface area contributed by atoms with Crippen molar-refractivity contribution < 1.29 is 28.8 Å². The van der Waals surface area contributed by atoms with Crippen LogP contribution >= 0.6 is 0 Å². The number of anilines is 3. The maximum Gasteiger partial charge on any atom is 0.270 e. The predicted octanol–water partition coefficient (Wildman–Crippen LogP) is 4.07. The van der Waals surface area contributed by atoms with Crippen LogP contribution in [0.5, 0.6) is 0 Å². The van der Waals surface area contributed by atoms with E-state index in [0.717, 1.165) is 98.6 Å². The van der Waals surface area contributed by atoms with Crippen molar-refractivity contribution in [2.24, 2.45) is 5.92 Å². The fourth-order valence-corrected chi connectivity index (χ4v) is 9.53. The Balaban J connectivity index is 0.755. The van der Waals surface area contributed by atoms with E-state index in [1.54, 1.807) is 37.3 Å². The zero-order valence-electron chi connectivity index (χ0n) is 34.1. The molecule has 2 aromatic carbocycles. The van der Waals surface area contributed by atoms with Crippen LogP contribution in [0.1, 0.15) is 99.0 Å². The van der Waals surface area contributed by atoms with Crippen molar-refractivity contribution in [2.45, 2.75) is 63.5 Å². The minimum Gasteiger partial charge on any atom is -0.369 e. The number of hydrogen-bond donors (Lipinski definition) is 2. The second-order valence-corrected chi connectivity index (χ2v) is 16.9. The van der Waals surface area contributed by atoms with Crippen molar-refractivity contribution >= 4 is 63.8 Å². The number of carbonyl (C=O) groups excluding carboxylic acids is 6. The van der Waals surface area contributed by atoms with Gasteiger partial charge in [-0.15, -0.1) is 0 Å². The van der Waals surface area contributed by atoms with E-state index < -0.39 is 29.7 Å². The summed E-state index contributed by atoms with van der Waals surface area (Å²) in [5, 5.41) is 6.37. The Morgan fingerprint density at radius 3 is 2.25 bits per heavy atom. The van der Waals surface area contributed by atoms with Gasteiger partial charge in [0.25, 0.3) is 23.6 Å². The number of carbonyl (C=O) groups is 6. The molecule has 6 heterocycles. The number of aromatic nitrogens is 3. The van der Waals surface area contributed by atoms with Crippen molar-refractivity contribution in [3.8, 4) is 0 Å². The average molecular weight is 815 g/mol. The molecule has 1 atom stereocenters. The Labute approximate surface area is 347 Å². The molecule has 2 aromatic heterocycles. The van der Waals surface area contributed by atoms with Gasteiger partial charge in [0.2, 0.25) is 17.8 Å². The maximum atomic E-state index is 13.5. The molecule has 60 heavy (non-hydrogen) atoms. The molecule has 4 fully saturated rings. The molecule has 16 heteroatoms. The van der Waals surface area contributed by atoms with Gasteiger partial charge >= 0.3 is 0 Å². The third-order valence-corrected chi connectivity index (χ3v) is 12.9. The molecule has 2 N–H and O–H groups in total. The van der Waals surface area contributed by atoms with Crippen LogP contribution < -0.4 is 15.5 Å². The molecule has 6 amide bonds. The summed E-state index contributed by atoms with van der Waals surface area (Å²) in [6.07, 6.45) is 8.13. The lowest BCUT2D eigenvalue weighted by Crippen LogP contribution is -2.54. The minimum absolute atomic E-state index is 0.0218. The molecular formula is C44H50N10O6. The maximum absolute atomic E-state index is 13.5. The standard InChI is InChI=1S/C44H50N10O6/c1-49(2)43(60)36-23-29-25-45-44(48-38(29)53(36)31-5-3-4-6-31)46-30-9-7-28(8-10-30)40(57)52-17-15-27(16-18-52)26-50-19-21-51(22-20-50)32-11-12-33-34(24-32)42(59)54(41(33)58)35-13-14-37(55)47-39(35)56/h7-12,23-25,27,31,35H,3-6,13-22,26H2,1-2H3,(H,45,46,48)(H,47,55,56). The van der Waals surface area contributed by atoms with Crippen LogP contribution in [0.15, 0.2) is 54.7 Å². The zero-order valence-corrected chi connectivity index (χ0v) is 34.1. The van der Waals surface area contributed by atoms with Gasteiger partial charge in [-0.05, 0) is 86.6 Å². The summed E-state index contributed by atoms with van der Waals surface area (Å²) in [6.45, 7) is 5.62. The molecule has 0 bridgehead atoms. The summed E-state index contributed by atoms with van der Waals surface area (Å²) in [6, 6.07) is 13.9. The first kappa shape index (κ1) is 39.3. The second kappa shape index (κ2) is 16.1. The molecule has 3 saturated heterocycles. The smallest absolute Gasteiger partial charge is 0.270 e. The van der Waals surface area contributed by atoms with Crippen molar-refractivity contribution in [3.63, 3.8) is 0 Å². The highest BCUT2D eigenvalue weighted by atomic mass is 16.2. The molecule has 5 aliphatic rings. The molecule has 9 rings (SSSR count). The molecule has 4 aliphatic heterocycles. The number of rotatable bonds is 9. The molecule has 4 aromatic rings. The van der Waals surface area contributed by atoms with Crippen molar-refractivity contribution in [1.82, 2.24) is 39.5 Å². The molecule has 1 unspecified atom stereocenters. The lowest BCUT2D eigenvalue weighted by atomic mass is 9.95. The molecule has 0 radical (unpaired) electrons. The number of piperidine rings is 2. The highest BCUT2D eigenvalue weighted by molar-refractivity contribution is 6.23. The van der Waals surface area contributed by atoms with Crippen LogP contribution in [-0.2, 0) is 9.59 Å². The number of nitrogens with zero attached hydrogens (tertiary/aromatic N) is 8. The average Bonchev–Trinajstić information content (AvgIpc) is 3.98. The van der Waals surface area contributed by atoms with Crippen molar-refractivity contribution in [2.75, 3.05) is 70.1 Å². The number of imide groups is 2. The van der Waals surface area contributed by atoms with Gasteiger partial charge in [0, 0.05) is 101 Å². The normalized spacial score (nSPS) is 20.6. The van der Waals surface area contributed by atoms with Gasteiger partial charge in [-0.25, -0.2) is 4.98 Å². The molecule has 16 nitrogen and oxygen atoms in total. The first-order valence-corrected chi connectivity index (χ1v) is 21.1. The van der Waals surface area contributed by atoms with Gasteiger partial charge in [-0.3, -0.25) is 43.9 Å². The van der Waals surface area contributed by atoms with Gasteiger partial charge in [-0.2, -0.15) is 4.98 Å². The van der Waals surface area contributed by atoms with E-state index in [0.29, 0.717) is 41.8 Å². The largest absolute Gasteiger partial charge is 0.369 e. The number of fused-ring (bicyclic) bond motifs is 2. The number of piperazine rings is 1. The first-order valence-electron chi connectivity index (χ1n) is 21.1. The van der Waals surface area contributed by atoms with Crippen LogP contribution in [-0.4, -0.2) is 136 Å². The summed E-state index contributed by atoms with van der Waals surface area (Å²) in [4.78, 5) is 95.8. The number of nitrogens with one attached hydrogen (secondary N) is 2. The molecular weight excluding hydrogens is 765 g/mol. The van der Waals surface area contributed by atoms with Gasteiger partial charge in [0.1, 0.15) is 17.4 Å². The SMILES string of the molecule is CN(C)C(=O)c1cc2cnc(Nc3ccc(C(=O)N4CCC(CN5CCN(c6ccc7c(c6)C(=O)N(C6CCC(=O)NC6=O)C7=O)CC5)CC4)cc3)nc2n1C1CCCC1. The van der Waals surface area contributed by atoms with Crippen molar-refractivity contribution in [1.29, 1.82) is 0 Å². The Bertz CT molecular complexity index is 2370. The first-order chi connectivity index (χ1) is 29.0. The van der Waals surface area contributed by atoms with Crippen LogP contribution in [0, 0.1) is 5.92 Å². The zero-order chi connectivity index (χ0) is 41.7. The number of amides is 6. The van der Waals surface area contributed by atoms with E-state index in [1.165, 1.54) is 0 Å². The van der Waals surface area contributed by atoms with Gasteiger partial charge < -0.3 is 24.6 Å². The lowest BCUT2D eigenvalue weighted by Gasteiger charge is -2.39. The van der Waals surface area contributed by atoms with E-state index in [-0.39, 0.29) is 36.3 Å². The van der Waals surface area contributed by atoms with Crippen LogP contribution in [0.4, 0.5) is 17.3 Å². The summed E-state index contributed by atoms with van der Waals surface area (Å²) in [7, 11) is 3.53. The summed E-state index contributed by atoms with van der Waals surface area (Å²) < 4.78 is 2.10. The highest BCUT2D eigenvalue weighted by Crippen LogP contribution is 2.35. The fourth-order valence-electron chi connectivity index (χ4n) is 9.53. The van der Waals surface area contributed by atoms with Crippen LogP contribution in [0.25, 0.3) is 11.0 Å². The number of likely N-dealkylation sites (tertiary alicyclic amines) is 1. The second-order valence-electron chi connectivity index (χ2n) is 16.9. The Morgan fingerprint density at radius 1 is 0.833 bits per heavy atom. The third kappa shape index (κ3) is 7.48. The van der Waals surface area contributed by atoms with Gasteiger partial charge in [-0.1, -0.05) is 12.8 Å². The fraction of sp³-hybridized carbons (Fsp3) is 0.455. The lowest BCUT2D eigenvalue weighted by molar-refractivity contribution is -0.136. The summed E-state index contributed by atoms with van der Waals surface area (Å²) in [5.41, 5.74) is 4.23. The Morgan fingerprint density at radius 2 is 1.55 bits per heavy atom. The third-order valence-electron chi connectivity index (χ3n) is 12.9. The van der Waals surface area contributed by atoms with Gasteiger partial charge in [0.15, 0.2) is 0 Å². The molecule has 0 spiro atoms. The quantitative estimate of drug-likeness (QED) is 0.234. The summed E-state index contributed by atoms with van der Waals surface area (Å²) >= 11 is 0. The van der Waals surface area contributed by atoms with Crippen LogP contribution in [0.2, 0.25) is 0 Å². The molecule has 1 saturated carbocycles. The van der Waals surface area contributed by atoms with Crippen molar-refractivity contribution in [3.05, 3.63) is 77.1 Å². The predicted molar refractivity (Wildman–Crippen MR) is 223 cm³/mol. The Hall–Kier alpha value is -6.16. The minimum atomic E-state index is -0.983. The topological polar surface area (TPSA) is 173 Å². The summed E-state index contributed by atoms with van der Waals surface area (Å²) in [5.74, 6) is -1.12. The van der Waals surface area contributed by atoms with E-state index in [4.69, 9.17) is 4.98 Å². The number of hydrogen-bond acceptors (Lipinski definition) is 11. The van der Waals surface area contributed by atoms with E-state index >= 15 is 0 Å². The van der Waals surface area contributed by atoms with Gasteiger partial charge in [0.05, 0.1) is 11.1 Å². The van der Waals surface area contributed by atoms with E-state index in [9.17, 15) is 28.8 Å². The highest BCUT2D eigenvalue weighted by Gasteiger charge is 2.45. The van der Waals surface area contributed by atoms with Crippen LogP contribution in [0.3, 0.4) is 0 Å². The van der Waals surface area contributed by atoms with E-state index in [2.05, 4.69) is 30.0 Å². The molecule has 1 aliphatic carbocycles. The monoisotopic (exact) mass is 814 g/mol.